The molecule has 0 aliphatic carbocycles. The van der Waals surface area contributed by atoms with E-state index in [-0.39, 0.29) is 0 Å². The average molecular weight is 369 g/mol. The van der Waals surface area contributed by atoms with E-state index in [9.17, 15) is 0 Å². The summed E-state index contributed by atoms with van der Waals surface area (Å²) in [6.45, 7) is 5.64. The van der Waals surface area contributed by atoms with Gasteiger partial charge in [0, 0.05) is 16.0 Å². The Morgan fingerprint density at radius 1 is 1.19 bits per heavy atom. The maximum Gasteiger partial charge on any atom is 0.142 e. The topological polar surface area (TPSA) is 21.3 Å². The zero-order chi connectivity index (χ0) is 15.2. The van der Waals surface area contributed by atoms with E-state index in [1.165, 1.54) is 0 Å². The monoisotopic (exact) mass is 367 g/mol. The van der Waals surface area contributed by atoms with E-state index in [2.05, 4.69) is 35.1 Å². The predicted octanol–water partition coefficient (Wildman–Crippen LogP) is 5.75. The number of benzene rings is 2. The summed E-state index contributed by atoms with van der Waals surface area (Å²) in [5.41, 5.74) is 2.04. The first-order valence-corrected chi connectivity index (χ1v) is 8.13. The van der Waals surface area contributed by atoms with Gasteiger partial charge >= 0.3 is 0 Å². The summed E-state index contributed by atoms with van der Waals surface area (Å²) < 4.78 is 6.82. The van der Waals surface area contributed by atoms with Crippen molar-refractivity contribution >= 4 is 33.2 Å². The molecule has 4 heteroatoms. The molecular weight excluding hydrogens is 350 g/mol. The van der Waals surface area contributed by atoms with Crippen LogP contribution in [0.5, 0.6) is 5.75 Å². The first kappa shape index (κ1) is 16.2. The fourth-order valence-electron chi connectivity index (χ4n) is 1.85. The summed E-state index contributed by atoms with van der Waals surface area (Å²) in [7, 11) is 0. The number of hydrogen-bond acceptors (Lipinski definition) is 2. The lowest BCUT2D eigenvalue weighted by Gasteiger charge is -2.15. The molecule has 0 bridgehead atoms. The smallest absolute Gasteiger partial charge is 0.142 e. The molecule has 0 saturated carbocycles. The van der Waals surface area contributed by atoms with Gasteiger partial charge in [-0.1, -0.05) is 59.6 Å². The second-order valence-electron chi connectivity index (χ2n) is 5.29. The van der Waals surface area contributed by atoms with Crippen molar-refractivity contribution in [1.82, 2.24) is 0 Å². The Hall–Kier alpha value is -1.19. The van der Waals surface area contributed by atoms with Crippen LogP contribution in [0.4, 0.5) is 5.69 Å². The third kappa shape index (κ3) is 4.94. The molecule has 0 atom stereocenters. The average Bonchev–Trinajstić information content (AvgIpc) is 2.45. The SMILES string of the molecule is CC(C)COc1ccccc1NCc1ccc(Br)cc1Cl. The summed E-state index contributed by atoms with van der Waals surface area (Å²) >= 11 is 9.65. The number of para-hydroxylation sites is 2. The van der Waals surface area contributed by atoms with Crippen LogP contribution in [-0.4, -0.2) is 6.61 Å². The molecule has 0 unspecified atom stereocenters. The van der Waals surface area contributed by atoms with Crippen LogP contribution < -0.4 is 10.1 Å². The van der Waals surface area contributed by atoms with Gasteiger partial charge in [-0.15, -0.1) is 0 Å². The van der Waals surface area contributed by atoms with E-state index >= 15 is 0 Å². The molecule has 0 aromatic heterocycles. The van der Waals surface area contributed by atoms with Gasteiger partial charge in [0.15, 0.2) is 0 Å². The van der Waals surface area contributed by atoms with Crippen molar-refractivity contribution in [2.75, 3.05) is 11.9 Å². The highest BCUT2D eigenvalue weighted by molar-refractivity contribution is 9.10. The Morgan fingerprint density at radius 2 is 1.95 bits per heavy atom. The number of ether oxygens (including phenoxy) is 1. The maximum absolute atomic E-state index is 6.24. The lowest BCUT2D eigenvalue weighted by atomic mass is 10.2. The predicted molar refractivity (Wildman–Crippen MR) is 93.3 cm³/mol. The fraction of sp³-hybridized carbons (Fsp3) is 0.294. The summed E-state index contributed by atoms with van der Waals surface area (Å²) in [6, 6.07) is 13.9. The highest BCUT2D eigenvalue weighted by atomic mass is 79.9. The first-order chi connectivity index (χ1) is 10.1. The van der Waals surface area contributed by atoms with E-state index in [0.29, 0.717) is 19.1 Å². The molecule has 21 heavy (non-hydrogen) atoms. The second kappa shape index (κ2) is 7.71. The van der Waals surface area contributed by atoms with Crippen LogP contribution in [0.2, 0.25) is 5.02 Å². The van der Waals surface area contributed by atoms with Gasteiger partial charge in [0.05, 0.1) is 12.3 Å². The molecule has 2 aromatic carbocycles. The highest BCUT2D eigenvalue weighted by Crippen LogP contribution is 2.27. The number of nitrogens with one attached hydrogen (secondary N) is 1. The Kier molecular flexibility index (Phi) is 5.95. The quantitative estimate of drug-likeness (QED) is 0.701. The van der Waals surface area contributed by atoms with Gasteiger partial charge in [0.25, 0.3) is 0 Å². The second-order valence-corrected chi connectivity index (χ2v) is 6.61. The van der Waals surface area contributed by atoms with E-state index in [4.69, 9.17) is 16.3 Å². The summed E-state index contributed by atoms with van der Waals surface area (Å²) in [5.74, 6) is 1.37. The molecule has 0 aliphatic rings. The van der Waals surface area contributed by atoms with Crippen molar-refractivity contribution < 1.29 is 4.74 Å². The summed E-state index contributed by atoms with van der Waals surface area (Å²) in [5, 5.41) is 4.14. The van der Waals surface area contributed by atoms with Crippen molar-refractivity contribution in [3.63, 3.8) is 0 Å². The van der Waals surface area contributed by atoms with Gasteiger partial charge in [0.2, 0.25) is 0 Å². The van der Waals surface area contributed by atoms with Gasteiger partial charge in [-0.05, 0) is 35.7 Å². The third-order valence-corrected chi connectivity index (χ3v) is 3.79. The Labute approximate surface area is 139 Å². The first-order valence-electron chi connectivity index (χ1n) is 6.96. The zero-order valence-electron chi connectivity index (χ0n) is 12.2. The van der Waals surface area contributed by atoms with E-state index in [0.717, 1.165) is 26.5 Å². The van der Waals surface area contributed by atoms with Crippen LogP contribution in [0.25, 0.3) is 0 Å². The van der Waals surface area contributed by atoms with Gasteiger partial charge in [-0.3, -0.25) is 0 Å². The minimum Gasteiger partial charge on any atom is -0.491 e. The minimum atomic E-state index is 0.499. The number of hydrogen-bond donors (Lipinski definition) is 1. The van der Waals surface area contributed by atoms with Crippen molar-refractivity contribution in [2.24, 2.45) is 5.92 Å². The van der Waals surface area contributed by atoms with Crippen molar-refractivity contribution in [3.8, 4) is 5.75 Å². The molecular formula is C17H19BrClNO. The Balaban J connectivity index is 2.05. The standard InChI is InChI=1S/C17H19BrClNO/c1-12(2)11-21-17-6-4-3-5-16(17)20-10-13-7-8-14(18)9-15(13)19/h3-9,12,20H,10-11H2,1-2H3. The number of anilines is 1. The van der Waals surface area contributed by atoms with Crippen molar-refractivity contribution in [3.05, 3.63) is 57.5 Å². The molecule has 0 spiro atoms. The Bertz CT molecular complexity index is 601. The lowest BCUT2D eigenvalue weighted by molar-refractivity contribution is 0.272. The molecule has 0 heterocycles. The van der Waals surface area contributed by atoms with Crippen LogP contribution in [-0.2, 0) is 6.54 Å². The van der Waals surface area contributed by atoms with E-state index < -0.39 is 0 Å². The van der Waals surface area contributed by atoms with Crippen LogP contribution in [0.15, 0.2) is 46.9 Å². The Morgan fingerprint density at radius 3 is 2.67 bits per heavy atom. The lowest BCUT2D eigenvalue weighted by Crippen LogP contribution is -2.07. The zero-order valence-corrected chi connectivity index (χ0v) is 14.5. The van der Waals surface area contributed by atoms with Gasteiger partial charge in [0.1, 0.15) is 5.75 Å². The molecule has 2 nitrogen and oxygen atoms in total. The maximum atomic E-state index is 6.24. The van der Waals surface area contributed by atoms with Crippen molar-refractivity contribution in [2.45, 2.75) is 20.4 Å². The molecule has 2 aromatic rings. The molecule has 0 amide bonds. The normalized spacial score (nSPS) is 10.7. The number of halogens is 2. The van der Waals surface area contributed by atoms with Gasteiger partial charge < -0.3 is 10.1 Å². The van der Waals surface area contributed by atoms with Crippen LogP contribution in [0.3, 0.4) is 0 Å². The van der Waals surface area contributed by atoms with Gasteiger partial charge in [-0.2, -0.15) is 0 Å². The van der Waals surface area contributed by atoms with Crippen molar-refractivity contribution in [1.29, 1.82) is 0 Å². The molecule has 112 valence electrons. The highest BCUT2D eigenvalue weighted by Gasteiger charge is 2.06. The van der Waals surface area contributed by atoms with Gasteiger partial charge in [-0.25, -0.2) is 0 Å². The summed E-state index contributed by atoms with van der Waals surface area (Å²) in [4.78, 5) is 0. The molecule has 1 N–H and O–H groups in total. The van der Waals surface area contributed by atoms with E-state index in [1.807, 2.05) is 42.5 Å². The molecule has 0 radical (unpaired) electrons. The molecule has 0 aliphatic heterocycles. The fourth-order valence-corrected chi connectivity index (χ4v) is 2.59. The molecule has 0 saturated heterocycles. The molecule has 2 rings (SSSR count). The van der Waals surface area contributed by atoms with Crippen LogP contribution in [0, 0.1) is 5.92 Å². The van der Waals surface area contributed by atoms with Crippen LogP contribution in [0.1, 0.15) is 19.4 Å². The number of rotatable bonds is 6. The molecule has 0 fully saturated rings. The van der Waals surface area contributed by atoms with E-state index in [1.54, 1.807) is 0 Å². The summed E-state index contributed by atoms with van der Waals surface area (Å²) in [6.07, 6.45) is 0. The largest absolute Gasteiger partial charge is 0.491 e. The third-order valence-electron chi connectivity index (χ3n) is 2.94. The minimum absolute atomic E-state index is 0.499. The van der Waals surface area contributed by atoms with Crippen LogP contribution >= 0.6 is 27.5 Å².